The number of hydrogen-bond acceptors (Lipinski definition) is 6. The molecule has 4 N–H and O–H groups in total. The molecule has 0 bridgehead atoms. The van der Waals surface area contributed by atoms with Crippen LogP contribution in [0, 0.1) is 0 Å². The summed E-state index contributed by atoms with van der Waals surface area (Å²) >= 11 is 0. The van der Waals surface area contributed by atoms with Gasteiger partial charge in [-0.05, 0) is 74.5 Å². The molecule has 0 radical (unpaired) electrons. The van der Waals surface area contributed by atoms with Gasteiger partial charge in [-0.15, -0.1) is 5.11 Å². The Hall–Kier alpha value is -3.46. The molecule has 1 fully saturated rings. The number of hydrogen-bond donors (Lipinski definition) is 3. The van der Waals surface area contributed by atoms with Crippen molar-refractivity contribution >= 4 is 29.3 Å². The Kier molecular flexibility index (Phi) is 8.36. The Bertz CT molecular complexity index is 882. The number of ether oxygens (including phenoxy) is 1. The topological polar surface area (TPSA) is 117 Å². The fourth-order valence-electron chi connectivity index (χ4n) is 3.44. The molecule has 0 saturated carbocycles. The molecule has 2 aromatic rings. The Labute approximate surface area is 182 Å². The van der Waals surface area contributed by atoms with Gasteiger partial charge in [-0.3, -0.25) is 4.79 Å². The van der Waals surface area contributed by atoms with E-state index in [9.17, 15) is 4.79 Å². The van der Waals surface area contributed by atoms with Gasteiger partial charge in [0.05, 0.1) is 5.69 Å². The highest BCUT2D eigenvalue weighted by Gasteiger charge is 2.18. The van der Waals surface area contributed by atoms with Crippen molar-refractivity contribution in [2.45, 2.75) is 25.8 Å². The summed E-state index contributed by atoms with van der Waals surface area (Å²) in [4.78, 5) is 18.7. The summed E-state index contributed by atoms with van der Waals surface area (Å²) in [5.41, 5.74) is 2.47. The maximum absolute atomic E-state index is 12.2. The van der Waals surface area contributed by atoms with Crippen LogP contribution in [0.2, 0.25) is 0 Å². The first-order valence-corrected chi connectivity index (χ1v) is 10.4. The van der Waals surface area contributed by atoms with Crippen LogP contribution < -0.4 is 21.2 Å². The molecule has 31 heavy (non-hydrogen) atoms. The number of aliphatic imine (C=N–C) groups is 1. The largest absolute Gasteiger partial charge is 0.484 e. The van der Waals surface area contributed by atoms with E-state index in [2.05, 4.69) is 37.8 Å². The molecule has 1 aliphatic rings. The maximum Gasteiger partial charge on any atom is 0.262 e. The van der Waals surface area contributed by atoms with Gasteiger partial charge in [-0.25, -0.2) is 4.99 Å². The van der Waals surface area contributed by atoms with Gasteiger partial charge in [-0.1, -0.05) is 12.1 Å². The lowest BCUT2D eigenvalue weighted by molar-refractivity contribution is -0.118. The molecule has 1 amide bonds. The first-order valence-electron chi connectivity index (χ1n) is 10.4. The average molecular weight is 424 g/mol. The molecular weight excluding hydrogens is 394 g/mol. The standard InChI is InChI=1S/C22H29N7O2/c1-2-29-13-3-4-20(14-29)26-18-5-7-19(8-6-18)27-22(30)15-31-21-11-9-17(10-12-21)24-16-25-28-23/h5-12,16,20,26H,2-4,13-15H2,1H3,(H,27,30)(H2,23,24,25). The smallest absolute Gasteiger partial charge is 0.262 e. The summed E-state index contributed by atoms with van der Waals surface area (Å²) in [6.07, 6.45) is 3.65. The fourth-order valence-corrected chi connectivity index (χ4v) is 3.44. The summed E-state index contributed by atoms with van der Waals surface area (Å²) in [7, 11) is 0. The molecule has 9 nitrogen and oxygen atoms in total. The molecule has 1 heterocycles. The van der Waals surface area contributed by atoms with Crippen molar-refractivity contribution in [1.29, 1.82) is 0 Å². The number of likely N-dealkylation sites (tertiary alicyclic amines) is 1. The van der Waals surface area contributed by atoms with E-state index in [1.165, 1.54) is 25.7 Å². The maximum atomic E-state index is 12.2. The van der Waals surface area contributed by atoms with Gasteiger partial charge in [0, 0.05) is 24.0 Å². The van der Waals surface area contributed by atoms with Crippen LogP contribution in [-0.2, 0) is 4.79 Å². The number of anilines is 2. The van der Waals surface area contributed by atoms with Crippen molar-refractivity contribution in [1.82, 2.24) is 4.90 Å². The van der Waals surface area contributed by atoms with Crippen molar-refractivity contribution in [3.05, 3.63) is 48.5 Å². The quantitative estimate of drug-likeness (QED) is 0.187. The van der Waals surface area contributed by atoms with E-state index in [-0.39, 0.29) is 12.5 Å². The predicted octanol–water partition coefficient (Wildman–Crippen LogP) is 3.59. The van der Waals surface area contributed by atoms with Crippen molar-refractivity contribution in [2.75, 3.05) is 36.9 Å². The Morgan fingerprint density at radius 1 is 1.19 bits per heavy atom. The van der Waals surface area contributed by atoms with E-state index < -0.39 is 0 Å². The van der Waals surface area contributed by atoms with Crippen molar-refractivity contribution in [3.8, 4) is 5.75 Å². The molecule has 1 saturated heterocycles. The van der Waals surface area contributed by atoms with E-state index >= 15 is 0 Å². The predicted molar refractivity (Wildman–Crippen MR) is 123 cm³/mol. The fraction of sp³-hybridized carbons (Fsp3) is 0.364. The monoisotopic (exact) mass is 423 g/mol. The first-order chi connectivity index (χ1) is 15.2. The number of likely N-dealkylation sites (N-methyl/N-ethyl adjacent to an activating group) is 1. The van der Waals surface area contributed by atoms with E-state index in [1.807, 2.05) is 24.3 Å². The van der Waals surface area contributed by atoms with Crippen LogP contribution in [0.15, 0.2) is 63.9 Å². The third-order valence-electron chi connectivity index (χ3n) is 5.02. The summed E-state index contributed by atoms with van der Waals surface area (Å²) in [5.74, 6) is 5.25. The minimum Gasteiger partial charge on any atom is -0.484 e. The van der Waals surface area contributed by atoms with Crippen LogP contribution in [0.5, 0.6) is 5.75 Å². The number of amides is 1. The molecule has 164 valence electrons. The number of rotatable bonds is 9. The number of benzene rings is 2. The number of nitrogens with one attached hydrogen (secondary N) is 2. The van der Waals surface area contributed by atoms with Gasteiger partial charge < -0.3 is 26.1 Å². The van der Waals surface area contributed by atoms with Gasteiger partial charge in [0.1, 0.15) is 12.1 Å². The van der Waals surface area contributed by atoms with Gasteiger partial charge in [0.25, 0.3) is 5.91 Å². The second-order valence-electron chi connectivity index (χ2n) is 7.26. The zero-order chi connectivity index (χ0) is 21.9. The first kappa shape index (κ1) is 22.2. The molecule has 1 atom stereocenters. The van der Waals surface area contributed by atoms with Crippen molar-refractivity contribution in [2.24, 2.45) is 21.2 Å². The second-order valence-corrected chi connectivity index (χ2v) is 7.26. The minimum atomic E-state index is -0.225. The Morgan fingerprint density at radius 2 is 1.94 bits per heavy atom. The van der Waals surface area contributed by atoms with Gasteiger partial charge >= 0.3 is 0 Å². The highest BCUT2D eigenvalue weighted by Crippen LogP contribution is 2.19. The minimum absolute atomic E-state index is 0.0844. The molecule has 0 aliphatic carbocycles. The number of nitrogens with two attached hydrogens (primary N) is 1. The lowest BCUT2D eigenvalue weighted by Crippen LogP contribution is -2.41. The summed E-state index contributed by atoms with van der Waals surface area (Å²) in [6.45, 7) is 5.45. The number of carbonyl (C=O) groups is 1. The van der Waals surface area contributed by atoms with Crippen molar-refractivity contribution < 1.29 is 9.53 Å². The van der Waals surface area contributed by atoms with E-state index in [0.29, 0.717) is 17.5 Å². The number of nitrogens with zero attached hydrogens (tertiary/aromatic N) is 4. The summed E-state index contributed by atoms with van der Waals surface area (Å²) in [5, 5.41) is 13.0. The molecule has 1 unspecified atom stereocenters. The zero-order valence-electron chi connectivity index (χ0n) is 17.7. The van der Waals surface area contributed by atoms with Crippen LogP contribution in [0.25, 0.3) is 0 Å². The third kappa shape index (κ3) is 7.38. The van der Waals surface area contributed by atoms with Crippen LogP contribution in [0.4, 0.5) is 17.1 Å². The lowest BCUT2D eigenvalue weighted by Gasteiger charge is -2.32. The normalized spacial score (nSPS) is 17.1. The SMILES string of the molecule is CCN1CCCC(Nc2ccc(NC(=O)COc3ccc(N=CN=NN)cc3)cc2)C1. The molecule has 0 aromatic heterocycles. The Morgan fingerprint density at radius 3 is 2.65 bits per heavy atom. The molecule has 9 heteroatoms. The van der Waals surface area contributed by atoms with E-state index in [1.54, 1.807) is 24.3 Å². The molecule has 3 rings (SSSR count). The third-order valence-corrected chi connectivity index (χ3v) is 5.02. The number of piperidine rings is 1. The van der Waals surface area contributed by atoms with E-state index in [0.717, 1.165) is 24.5 Å². The van der Waals surface area contributed by atoms with Crippen LogP contribution >= 0.6 is 0 Å². The van der Waals surface area contributed by atoms with Crippen LogP contribution in [-0.4, -0.2) is 49.4 Å². The van der Waals surface area contributed by atoms with Crippen molar-refractivity contribution in [3.63, 3.8) is 0 Å². The highest BCUT2D eigenvalue weighted by atomic mass is 16.5. The molecular formula is C22H29N7O2. The zero-order valence-corrected chi connectivity index (χ0v) is 17.7. The van der Waals surface area contributed by atoms with Gasteiger partial charge in [0.2, 0.25) is 0 Å². The molecule has 1 aliphatic heterocycles. The lowest BCUT2D eigenvalue weighted by atomic mass is 10.1. The Balaban J connectivity index is 1.43. The highest BCUT2D eigenvalue weighted by molar-refractivity contribution is 5.92. The molecule has 2 aromatic carbocycles. The van der Waals surface area contributed by atoms with Crippen LogP contribution in [0.3, 0.4) is 0 Å². The van der Waals surface area contributed by atoms with Crippen LogP contribution in [0.1, 0.15) is 19.8 Å². The summed E-state index contributed by atoms with van der Waals surface area (Å²) in [6, 6.07) is 15.2. The average Bonchev–Trinajstić information content (AvgIpc) is 2.80. The number of carbonyl (C=O) groups excluding carboxylic acids is 1. The second kappa shape index (κ2) is 11.7. The summed E-state index contributed by atoms with van der Waals surface area (Å²) < 4.78 is 5.52. The van der Waals surface area contributed by atoms with Gasteiger partial charge in [0.15, 0.2) is 6.61 Å². The van der Waals surface area contributed by atoms with E-state index in [4.69, 9.17) is 10.6 Å². The molecule has 0 spiro atoms. The van der Waals surface area contributed by atoms with Gasteiger partial charge in [-0.2, -0.15) is 0 Å².